The number of nitrogens with one attached hydrogen (secondary N) is 1. The molecule has 6 heteroatoms. The van der Waals surface area contributed by atoms with Crippen LogP contribution in [-0.2, 0) is 22.3 Å². The summed E-state index contributed by atoms with van der Waals surface area (Å²) in [6.45, 7) is 13.6. The van der Waals surface area contributed by atoms with Crippen molar-refractivity contribution in [2.75, 3.05) is 13.1 Å². The van der Waals surface area contributed by atoms with Crippen LogP contribution >= 0.6 is 0 Å². The summed E-state index contributed by atoms with van der Waals surface area (Å²) in [5, 5.41) is 3.66. The molecular formula is C26H38N2O3Si. The van der Waals surface area contributed by atoms with Crippen LogP contribution in [0.3, 0.4) is 0 Å². The Morgan fingerprint density at radius 1 is 1.03 bits per heavy atom. The lowest BCUT2D eigenvalue weighted by Crippen LogP contribution is -2.45. The Bertz CT molecular complexity index is 852. The zero-order valence-corrected chi connectivity index (χ0v) is 21.1. The van der Waals surface area contributed by atoms with Gasteiger partial charge < -0.3 is 19.4 Å². The predicted molar refractivity (Wildman–Crippen MR) is 132 cm³/mol. The summed E-state index contributed by atoms with van der Waals surface area (Å²) in [5.74, 6) is 0. The number of rotatable bonds is 8. The van der Waals surface area contributed by atoms with E-state index in [0.717, 1.165) is 18.5 Å². The first-order valence-electron chi connectivity index (χ1n) is 11.6. The first-order valence-corrected chi connectivity index (χ1v) is 14.5. The van der Waals surface area contributed by atoms with Crippen molar-refractivity contribution in [1.82, 2.24) is 10.2 Å². The van der Waals surface area contributed by atoms with Crippen molar-refractivity contribution in [2.45, 2.75) is 70.6 Å². The Morgan fingerprint density at radius 2 is 1.62 bits per heavy atom. The quantitative estimate of drug-likeness (QED) is 0.529. The molecule has 1 heterocycles. The number of carbonyl (C=O) groups excluding carboxylic acids is 1. The molecule has 1 aliphatic heterocycles. The molecule has 0 aliphatic carbocycles. The second-order valence-corrected chi connectivity index (χ2v) is 15.0. The van der Waals surface area contributed by atoms with Crippen LogP contribution in [-0.4, -0.2) is 44.5 Å². The van der Waals surface area contributed by atoms with Gasteiger partial charge in [-0.15, -0.1) is 0 Å². The largest absolute Gasteiger partial charge is 0.445 e. The van der Waals surface area contributed by atoms with E-state index in [4.69, 9.17) is 9.16 Å². The minimum absolute atomic E-state index is 0.0451. The number of hydrogen-bond donors (Lipinski definition) is 1. The number of nitrogens with zero attached hydrogens (tertiary/aromatic N) is 1. The first kappa shape index (κ1) is 24.5. The highest BCUT2D eigenvalue weighted by atomic mass is 28.4. The maximum Gasteiger partial charge on any atom is 0.410 e. The van der Waals surface area contributed by atoms with Gasteiger partial charge in [0.2, 0.25) is 0 Å². The molecule has 2 aromatic rings. The number of carbonyl (C=O) groups is 1. The second-order valence-electron chi connectivity index (χ2n) is 10.2. The van der Waals surface area contributed by atoms with Crippen LogP contribution in [0.2, 0.25) is 18.1 Å². The van der Waals surface area contributed by atoms with Gasteiger partial charge in [0.1, 0.15) is 6.61 Å². The standard InChI is InChI=1S/C26H38N2O3Si/c1-26(2,3)32(4,5)31-24-16-23(18-27-17-21-12-8-6-9-13-21)28(19-24)25(29)30-20-22-14-10-7-11-15-22/h6-15,23-24,27H,16-20H2,1-5H3/t23-,24+/m0/s1. The SMILES string of the molecule is CC(C)(C)[Si](C)(C)O[C@@H]1C[C@@H](CNCc2ccccc2)N(C(=O)OCc2ccccc2)C1. The van der Waals surface area contributed by atoms with Gasteiger partial charge in [-0.3, -0.25) is 0 Å². The lowest BCUT2D eigenvalue weighted by atomic mass is 10.2. The molecule has 1 fully saturated rings. The molecule has 2 atom stereocenters. The van der Waals surface area contributed by atoms with Crippen LogP contribution in [0.25, 0.3) is 0 Å². The summed E-state index contributed by atoms with van der Waals surface area (Å²) in [5.41, 5.74) is 2.23. The number of amides is 1. The van der Waals surface area contributed by atoms with Gasteiger partial charge in [-0.25, -0.2) is 4.79 Å². The molecule has 5 nitrogen and oxygen atoms in total. The molecule has 1 amide bonds. The maximum absolute atomic E-state index is 13.0. The average molecular weight is 455 g/mol. The van der Waals surface area contributed by atoms with Crippen molar-refractivity contribution in [3.8, 4) is 0 Å². The molecule has 2 aromatic carbocycles. The van der Waals surface area contributed by atoms with E-state index in [0.29, 0.717) is 13.1 Å². The summed E-state index contributed by atoms with van der Waals surface area (Å²) < 4.78 is 12.3. The highest BCUT2D eigenvalue weighted by Gasteiger charge is 2.43. The molecule has 174 valence electrons. The molecule has 0 spiro atoms. The average Bonchev–Trinajstić information content (AvgIpc) is 3.14. The fourth-order valence-electron chi connectivity index (χ4n) is 3.75. The highest BCUT2D eigenvalue weighted by molar-refractivity contribution is 6.74. The molecule has 0 radical (unpaired) electrons. The lowest BCUT2D eigenvalue weighted by molar-refractivity contribution is 0.0880. The van der Waals surface area contributed by atoms with Crippen LogP contribution < -0.4 is 5.32 Å². The molecule has 32 heavy (non-hydrogen) atoms. The minimum Gasteiger partial charge on any atom is -0.445 e. The molecule has 1 aliphatic rings. The summed E-state index contributed by atoms with van der Waals surface area (Å²) in [4.78, 5) is 14.9. The molecule has 0 aromatic heterocycles. The zero-order chi connectivity index (χ0) is 23.2. The van der Waals surface area contributed by atoms with Gasteiger partial charge in [0.25, 0.3) is 0 Å². The first-order chi connectivity index (χ1) is 15.2. The number of ether oxygens (including phenoxy) is 1. The third kappa shape index (κ3) is 6.67. The highest BCUT2D eigenvalue weighted by Crippen LogP contribution is 2.39. The van der Waals surface area contributed by atoms with E-state index in [9.17, 15) is 4.79 Å². The molecule has 1 N–H and O–H groups in total. The van der Waals surface area contributed by atoms with Gasteiger partial charge >= 0.3 is 6.09 Å². The molecule has 0 unspecified atom stereocenters. The van der Waals surface area contributed by atoms with Crippen LogP contribution in [0.4, 0.5) is 4.79 Å². The third-order valence-electron chi connectivity index (χ3n) is 6.64. The van der Waals surface area contributed by atoms with Crippen LogP contribution in [0.15, 0.2) is 60.7 Å². The van der Waals surface area contributed by atoms with Gasteiger partial charge in [-0.05, 0) is 35.7 Å². The molecule has 0 bridgehead atoms. The van der Waals surface area contributed by atoms with E-state index in [1.54, 1.807) is 0 Å². The van der Waals surface area contributed by atoms with Crippen molar-refractivity contribution in [3.63, 3.8) is 0 Å². The van der Waals surface area contributed by atoms with Crippen LogP contribution in [0.1, 0.15) is 38.3 Å². The fraction of sp³-hybridized carbons (Fsp3) is 0.500. The second kappa shape index (κ2) is 10.6. The van der Waals surface area contributed by atoms with Crippen molar-refractivity contribution in [3.05, 3.63) is 71.8 Å². The van der Waals surface area contributed by atoms with E-state index in [2.05, 4.69) is 51.3 Å². The normalized spacial score (nSPS) is 19.2. The van der Waals surface area contributed by atoms with E-state index >= 15 is 0 Å². The third-order valence-corrected chi connectivity index (χ3v) is 11.2. The molecule has 1 saturated heterocycles. The maximum atomic E-state index is 13.0. The van der Waals surface area contributed by atoms with E-state index < -0.39 is 8.32 Å². The van der Waals surface area contributed by atoms with Gasteiger partial charge in [0, 0.05) is 19.6 Å². The molecule has 0 saturated carbocycles. The topological polar surface area (TPSA) is 50.8 Å². The van der Waals surface area contributed by atoms with Crippen LogP contribution in [0, 0.1) is 0 Å². The summed E-state index contributed by atoms with van der Waals surface area (Å²) in [6, 6.07) is 20.2. The van der Waals surface area contributed by atoms with E-state index in [-0.39, 0.29) is 29.9 Å². The zero-order valence-electron chi connectivity index (χ0n) is 20.1. The Hall–Kier alpha value is -2.15. The van der Waals surface area contributed by atoms with Gasteiger partial charge in [-0.2, -0.15) is 0 Å². The fourth-order valence-corrected chi connectivity index (χ4v) is 5.11. The monoisotopic (exact) mass is 454 g/mol. The smallest absolute Gasteiger partial charge is 0.410 e. The summed E-state index contributed by atoms with van der Waals surface area (Å²) in [6.07, 6.45) is 0.611. The Morgan fingerprint density at radius 3 is 2.22 bits per heavy atom. The van der Waals surface area contributed by atoms with Gasteiger partial charge in [0.05, 0.1) is 12.1 Å². The Kier molecular flexibility index (Phi) is 8.14. The summed E-state index contributed by atoms with van der Waals surface area (Å²) in [7, 11) is -1.92. The van der Waals surface area contributed by atoms with Crippen molar-refractivity contribution >= 4 is 14.4 Å². The van der Waals surface area contributed by atoms with E-state index in [1.807, 2.05) is 53.4 Å². The minimum atomic E-state index is -1.92. The van der Waals surface area contributed by atoms with Gasteiger partial charge in [-0.1, -0.05) is 81.4 Å². The number of benzene rings is 2. The van der Waals surface area contributed by atoms with Crippen molar-refractivity contribution in [1.29, 1.82) is 0 Å². The predicted octanol–water partition coefficient (Wildman–Crippen LogP) is 5.58. The van der Waals surface area contributed by atoms with E-state index in [1.165, 1.54) is 5.56 Å². The van der Waals surface area contributed by atoms with Gasteiger partial charge in [0.15, 0.2) is 8.32 Å². The van der Waals surface area contributed by atoms with Crippen LogP contribution in [0.5, 0.6) is 0 Å². The van der Waals surface area contributed by atoms with Crippen molar-refractivity contribution < 1.29 is 14.0 Å². The number of likely N-dealkylation sites (tertiary alicyclic amines) is 1. The molecule has 3 rings (SSSR count). The lowest BCUT2D eigenvalue weighted by Gasteiger charge is -2.38. The Balaban J connectivity index is 1.63. The summed E-state index contributed by atoms with van der Waals surface area (Å²) >= 11 is 0. The Labute approximate surface area is 194 Å². The number of hydrogen-bond acceptors (Lipinski definition) is 4. The molecular weight excluding hydrogens is 416 g/mol. The van der Waals surface area contributed by atoms with Crippen molar-refractivity contribution in [2.24, 2.45) is 0 Å².